The van der Waals surface area contributed by atoms with E-state index in [1.165, 1.54) is 6.07 Å². The number of nitro benzene ring substituents is 1. The van der Waals surface area contributed by atoms with Crippen LogP contribution in [-0.4, -0.2) is 48.5 Å². The summed E-state index contributed by atoms with van der Waals surface area (Å²) in [5.74, 6) is -0.0212. The monoisotopic (exact) mass is 374 g/mol. The Balaban J connectivity index is 1.56. The van der Waals surface area contributed by atoms with Crippen LogP contribution in [0.15, 0.2) is 48.5 Å². The lowest BCUT2D eigenvalue weighted by Gasteiger charge is -2.35. The van der Waals surface area contributed by atoms with Gasteiger partial charge in [-0.05, 0) is 18.2 Å². The van der Waals surface area contributed by atoms with Crippen molar-refractivity contribution in [1.29, 1.82) is 0 Å². The Labute approximate surface area is 156 Å². The molecule has 0 unspecified atom stereocenters. The third-order valence-electron chi connectivity index (χ3n) is 4.36. The largest absolute Gasteiger partial charge is 0.375 e. The number of para-hydroxylation sites is 3. The zero-order valence-electron chi connectivity index (χ0n) is 14.1. The molecule has 0 radical (unpaired) electrons. The van der Waals surface area contributed by atoms with E-state index in [1.807, 2.05) is 23.1 Å². The molecule has 2 aromatic rings. The van der Waals surface area contributed by atoms with Crippen LogP contribution in [0.2, 0.25) is 5.02 Å². The number of carbonyl (C=O) groups is 1. The normalized spacial score (nSPS) is 14.2. The summed E-state index contributed by atoms with van der Waals surface area (Å²) in [4.78, 5) is 26.9. The van der Waals surface area contributed by atoms with Crippen molar-refractivity contribution in [2.24, 2.45) is 0 Å². The molecule has 8 heteroatoms. The summed E-state index contributed by atoms with van der Waals surface area (Å²) in [5, 5.41) is 14.8. The van der Waals surface area contributed by atoms with Gasteiger partial charge in [-0.1, -0.05) is 35.9 Å². The maximum atomic E-state index is 12.4. The molecule has 1 aliphatic rings. The lowest BCUT2D eigenvalue weighted by Crippen LogP contribution is -2.50. The molecule has 0 bridgehead atoms. The van der Waals surface area contributed by atoms with Crippen LogP contribution in [-0.2, 0) is 4.79 Å². The molecule has 1 saturated heterocycles. The summed E-state index contributed by atoms with van der Waals surface area (Å²) < 4.78 is 0. The van der Waals surface area contributed by atoms with Gasteiger partial charge in [0.15, 0.2) is 0 Å². The minimum absolute atomic E-state index is 0.0212. The summed E-state index contributed by atoms with van der Waals surface area (Å²) in [6, 6.07) is 14.0. The van der Waals surface area contributed by atoms with Crippen molar-refractivity contribution in [3.8, 4) is 0 Å². The number of nitrogens with zero attached hydrogens (tertiary/aromatic N) is 3. The van der Waals surface area contributed by atoms with Crippen LogP contribution in [0.5, 0.6) is 0 Å². The molecule has 0 saturated carbocycles. The fourth-order valence-electron chi connectivity index (χ4n) is 2.97. The maximum Gasteiger partial charge on any atom is 0.292 e. The number of nitro groups is 1. The summed E-state index contributed by atoms with van der Waals surface area (Å²) >= 11 is 6.07. The molecule has 1 heterocycles. The highest BCUT2D eigenvalue weighted by Crippen LogP contribution is 2.28. The SMILES string of the molecule is O=C(CNc1ccccc1Cl)N1CCN(c2ccccc2[N+](=O)[O-])CC1. The zero-order chi connectivity index (χ0) is 18.5. The van der Waals surface area contributed by atoms with Crippen LogP contribution in [0.1, 0.15) is 0 Å². The molecule has 1 amide bonds. The van der Waals surface area contributed by atoms with Gasteiger partial charge in [0.25, 0.3) is 5.69 Å². The number of benzene rings is 2. The molecule has 26 heavy (non-hydrogen) atoms. The summed E-state index contributed by atoms with van der Waals surface area (Å²) in [6.45, 7) is 2.32. The van der Waals surface area contributed by atoms with Crippen LogP contribution in [0.3, 0.4) is 0 Å². The first-order chi connectivity index (χ1) is 12.6. The van der Waals surface area contributed by atoms with E-state index >= 15 is 0 Å². The number of rotatable bonds is 5. The number of halogens is 1. The number of carbonyl (C=O) groups excluding carboxylic acids is 1. The molecule has 136 valence electrons. The van der Waals surface area contributed by atoms with Gasteiger partial charge in [-0.15, -0.1) is 0 Å². The Kier molecular flexibility index (Phi) is 5.58. The quantitative estimate of drug-likeness (QED) is 0.643. The highest BCUT2D eigenvalue weighted by molar-refractivity contribution is 6.33. The van der Waals surface area contributed by atoms with Gasteiger partial charge < -0.3 is 15.1 Å². The number of amides is 1. The van der Waals surface area contributed by atoms with Crippen LogP contribution in [0.25, 0.3) is 0 Å². The highest BCUT2D eigenvalue weighted by Gasteiger charge is 2.25. The minimum Gasteiger partial charge on any atom is -0.375 e. The van der Waals surface area contributed by atoms with E-state index in [4.69, 9.17) is 11.6 Å². The molecule has 0 aromatic heterocycles. The van der Waals surface area contributed by atoms with E-state index < -0.39 is 0 Å². The molecule has 2 aromatic carbocycles. The van der Waals surface area contributed by atoms with Crippen LogP contribution < -0.4 is 10.2 Å². The van der Waals surface area contributed by atoms with Crippen LogP contribution in [0, 0.1) is 10.1 Å². The van der Waals surface area contributed by atoms with Crippen molar-refractivity contribution in [3.05, 3.63) is 63.7 Å². The van der Waals surface area contributed by atoms with Crippen molar-refractivity contribution in [2.45, 2.75) is 0 Å². The lowest BCUT2D eigenvalue weighted by atomic mass is 10.2. The Bertz CT molecular complexity index is 807. The fraction of sp³-hybridized carbons (Fsp3) is 0.278. The Morgan fingerprint density at radius 2 is 1.73 bits per heavy atom. The first-order valence-electron chi connectivity index (χ1n) is 8.31. The van der Waals surface area contributed by atoms with E-state index in [0.717, 1.165) is 5.69 Å². The predicted octanol–water partition coefficient (Wildman–Crippen LogP) is 3.01. The minimum atomic E-state index is -0.375. The van der Waals surface area contributed by atoms with Gasteiger partial charge in [-0.3, -0.25) is 14.9 Å². The summed E-state index contributed by atoms with van der Waals surface area (Å²) in [6.07, 6.45) is 0. The molecule has 0 atom stereocenters. The Hall–Kier alpha value is -2.80. The number of hydrogen-bond acceptors (Lipinski definition) is 5. The van der Waals surface area contributed by atoms with E-state index in [0.29, 0.717) is 36.9 Å². The van der Waals surface area contributed by atoms with Crippen molar-refractivity contribution in [2.75, 3.05) is 42.9 Å². The van der Waals surface area contributed by atoms with Crippen molar-refractivity contribution in [1.82, 2.24) is 4.90 Å². The van der Waals surface area contributed by atoms with Gasteiger partial charge in [0.05, 0.1) is 22.2 Å². The Morgan fingerprint density at radius 1 is 1.08 bits per heavy atom. The third-order valence-corrected chi connectivity index (χ3v) is 4.69. The maximum absolute atomic E-state index is 12.4. The van der Waals surface area contributed by atoms with Gasteiger partial charge in [-0.25, -0.2) is 0 Å². The Morgan fingerprint density at radius 3 is 2.42 bits per heavy atom. The van der Waals surface area contributed by atoms with Gasteiger partial charge in [0, 0.05) is 32.2 Å². The average Bonchev–Trinajstić information content (AvgIpc) is 2.67. The molecule has 1 aliphatic heterocycles. The van der Waals surface area contributed by atoms with Crippen molar-refractivity contribution in [3.63, 3.8) is 0 Å². The van der Waals surface area contributed by atoms with Gasteiger partial charge in [-0.2, -0.15) is 0 Å². The van der Waals surface area contributed by atoms with E-state index in [9.17, 15) is 14.9 Å². The van der Waals surface area contributed by atoms with Crippen molar-refractivity contribution < 1.29 is 9.72 Å². The average molecular weight is 375 g/mol. The molecule has 0 spiro atoms. The molecule has 1 fully saturated rings. The van der Waals surface area contributed by atoms with Crippen LogP contribution >= 0.6 is 11.6 Å². The van der Waals surface area contributed by atoms with Gasteiger partial charge >= 0.3 is 0 Å². The smallest absolute Gasteiger partial charge is 0.292 e. The second kappa shape index (κ2) is 8.05. The first-order valence-corrected chi connectivity index (χ1v) is 8.68. The van der Waals surface area contributed by atoms with E-state index in [2.05, 4.69) is 5.32 Å². The summed E-state index contributed by atoms with van der Waals surface area (Å²) in [7, 11) is 0. The molecular weight excluding hydrogens is 356 g/mol. The highest BCUT2D eigenvalue weighted by atomic mass is 35.5. The number of piperazine rings is 1. The molecule has 7 nitrogen and oxygen atoms in total. The third kappa shape index (κ3) is 4.05. The second-order valence-electron chi connectivity index (χ2n) is 5.95. The fourth-order valence-corrected chi connectivity index (χ4v) is 3.17. The molecular formula is C18H19ClN4O3. The molecule has 3 rings (SSSR count). The van der Waals surface area contributed by atoms with E-state index in [1.54, 1.807) is 29.2 Å². The van der Waals surface area contributed by atoms with Crippen molar-refractivity contribution >= 4 is 34.6 Å². The standard InChI is InChI=1S/C18H19ClN4O3/c19-14-5-1-2-6-15(14)20-13-18(24)22-11-9-21(10-12-22)16-7-3-4-8-17(16)23(25)26/h1-8,20H,9-13H2. The number of anilines is 2. The van der Waals surface area contributed by atoms with Gasteiger partial charge in [0.1, 0.15) is 5.69 Å². The zero-order valence-corrected chi connectivity index (χ0v) is 14.9. The lowest BCUT2D eigenvalue weighted by molar-refractivity contribution is -0.384. The second-order valence-corrected chi connectivity index (χ2v) is 6.35. The van der Waals surface area contributed by atoms with Crippen LogP contribution in [0.4, 0.5) is 17.1 Å². The van der Waals surface area contributed by atoms with Gasteiger partial charge in [0.2, 0.25) is 5.91 Å². The number of nitrogens with one attached hydrogen (secondary N) is 1. The first kappa shape index (κ1) is 18.0. The topological polar surface area (TPSA) is 78.7 Å². The molecule has 1 N–H and O–H groups in total. The summed E-state index contributed by atoms with van der Waals surface area (Å²) in [5.41, 5.74) is 1.41. The number of hydrogen-bond donors (Lipinski definition) is 1. The molecule has 0 aliphatic carbocycles. The van der Waals surface area contributed by atoms with E-state index in [-0.39, 0.29) is 23.1 Å². The predicted molar refractivity (Wildman–Crippen MR) is 102 cm³/mol.